The van der Waals surface area contributed by atoms with Gasteiger partial charge in [-0.2, -0.15) is 0 Å². The Morgan fingerprint density at radius 2 is 2.38 bits per heavy atom. The van der Waals surface area contributed by atoms with E-state index in [1.807, 2.05) is 6.92 Å². The molecular weight excluding hydrogens is 184 g/mol. The Kier molecular flexibility index (Phi) is 2.15. The Hall–Kier alpha value is -0.770. The van der Waals surface area contributed by atoms with Gasteiger partial charge in [0.05, 0.1) is 5.69 Å². The van der Waals surface area contributed by atoms with Crippen LogP contribution in [0.2, 0.25) is 0 Å². The molecule has 0 atom stereocenters. The van der Waals surface area contributed by atoms with E-state index in [9.17, 15) is 4.79 Å². The molecule has 3 nitrogen and oxygen atoms in total. The molecule has 0 amide bonds. The molecule has 1 aliphatic rings. The molecule has 0 spiro atoms. The van der Waals surface area contributed by atoms with Gasteiger partial charge in [0, 0.05) is 10.3 Å². The van der Waals surface area contributed by atoms with E-state index in [1.165, 1.54) is 22.8 Å². The van der Waals surface area contributed by atoms with Crippen molar-refractivity contribution in [1.29, 1.82) is 0 Å². The van der Waals surface area contributed by atoms with E-state index < -0.39 is 0 Å². The largest absolute Gasteiger partial charge is 0.303 e. The van der Waals surface area contributed by atoms with Crippen LogP contribution in [-0.2, 0) is 11.2 Å². The minimum atomic E-state index is -0.0705. The van der Waals surface area contributed by atoms with E-state index in [-0.39, 0.29) is 5.41 Å². The third kappa shape index (κ3) is 1.50. The average molecular weight is 196 g/mol. The number of aromatic nitrogens is 2. The number of aryl methyl sites for hydroxylation is 1. The lowest BCUT2D eigenvalue weighted by Gasteiger charge is -2.36. The van der Waals surface area contributed by atoms with E-state index in [2.05, 4.69) is 9.59 Å². The molecule has 1 saturated carbocycles. The normalized spacial score (nSPS) is 19.5. The highest BCUT2D eigenvalue weighted by molar-refractivity contribution is 7.05. The molecule has 1 aromatic rings. The fourth-order valence-electron chi connectivity index (χ4n) is 1.70. The van der Waals surface area contributed by atoms with Crippen LogP contribution in [0.25, 0.3) is 0 Å². The van der Waals surface area contributed by atoms with Crippen LogP contribution in [0, 0.1) is 12.3 Å². The molecule has 1 aliphatic carbocycles. The van der Waals surface area contributed by atoms with Gasteiger partial charge in [-0.05, 0) is 37.7 Å². The zero-order chi connectivity index (χ0) is 9.31. The van der Waals surface area contributed by atoms with Gasteiger partial charge in [-0.1, -0.05) is 10.9 Å². The molecule has 0 aromatic carbocycles. The van der Waals surface area contributed by atoms with Crippen molar-refractivity contribution in [2.45, 2.75) is 32.6 Å². The first kappa shape index (κ1) is 8.81. The minimum absolute atomic E-state index is 0.0705. The van der Waals surface area contributed by atoms with Gasteiger partial charge in [-0.15, -0.1) is 5.10 Å². The third-order valence-corrected chi connectivity index (χ3v) is 3.68. The van der Waals surface area contributed by atoms with E-state index in [1.54, 1.807) is 0 Å². The second-order valence-electron chi connectivity index (χ2n) is 3.79. The summed E-state index contributed by atoms with van der Waals surface area (Å²) >= 11 is 1.42. The Labute approximate surface area is 81.3 Å². The first-order chi connectivity index (χ1) is 6.26. The number of nitrogens with zero attached hydrogens (tertiary/aromatic N) is 2. The summed E-state index contributed by atoms with van der Waals surface area (Å²) < 4.78 is 3.87. The van der Waals surface area contributed by atoms with E-state index in [0.29, 0.717) is 0 Å². The van der Waals surface area contributed by atoms with E-state index in [0.717, 1.165) is 31.2 Å². The molecule has 0 N–H and O–H groups in total. The first-order valence-corrected chi connectivity index (χ1v) is 5.27. The molecular formula is C9H12N2OS. The lowest BCUT2D eigenvalue weighted by atomic mass is 9.67. The average Bonchev–Trinajstić information content (AvgIpc) is 2.44. The predicted molar refractivity (Wildman–Crippen MR) is 50.7 cm³/mol. The quantitative estimate of drug-likeness (QED) is 0.692. The predicted octanol–water partition coefficient (Wildman–Crippen LogP) is 1.76. The molecule has 0 saturated heterocycles. The van der Waals surface area contributed by atoms with Crippen molar-refractivity contribution in [3.05, 3.63) is 10.6 Å². The molecule has 0 radical (unpaired) electrons. The highest BCUT2D eigenvalue weighted by atomic mass is 32.1. The molecule has 0 bridgehead atoms. The van der Waals surface area contributed by atoms with Crippen LogP contribution in [0.4, 0.5) is 0 Å². The number of aldehydes is 1. The van der Waals surface area contributed by atoms with Crippen molar-refractivity contribution in [2.75, 3.05) is 0 Å². The van der Waals surface area contributed by atoms with E-state index >= 15 is 0 Å². The van der Waals surface area contributed by atoms with Crippen LogP contribution < -0.4 is 0 Å². The Balaban J connectivity index is 2.13. The Bertz CT molecular complexity index is 317. The minimum Gasteiger partial charge on any atom is -0.303 e. The molecule has 0 unspecified atom stereocenters. The van der Waals surface area contributed by atoms with Gasteiger partial charge in [0.1, 0.15) is 6.29 Å². The van der Waals surface area contributed by atoms with Crippen LogP contribution in [0.15, 0.2) is 0 Å². The summed E-state index contributed by atoms with van der Waals surface area (Å²) in [5, 5.41) is 3.95. The van der Waals surface area contributed by atoms with Crippen molar-refractivity contribution in [3.8, 4) is 0 Å². The summed E-state index contributed by atoms with van der Waals surface area (Å²) in [6, 6.07) is 0. The Morgan fingerprint density at radius 3 is 2.77 bits per heavy atom. The number of carbonyl (C=O) groups is 1. The van der Waals surface area contributed by atoms with Gasteiger partial charge < -0.3 is 4.79 Å². The molecule has 1 heterocycles. The maximum absolute atomic E-state index is 10.9. The summed E-state index contributed by atoms with van der Waals surface area (Å²) in [7, 11) is 0. The maximum atomic E-state index is 10.9. The summed E-state index contributed by atoms with van der Waals surface area (Å²) in [6.07, 6.45) is 5.22. The van der Waals surface area contributed by atoms with Gasteiger partial charge in [0.2, 0.25) is 0 Å². The van der Waals surface area contributed by atoms with Gasteiger partial charge in [0.25, 0.3) is 0 Å². The summed E-state index contributed by atoms with van der Waals surface area (Å²) in [5.74, 6) is 0. The molecule has 1 fully saturated rings. The molecule has 2 rings (SSSR count). The van der Waals surface area contributed by atoms with Crippen molar-refractivity contribution in [1.82, 2.24) is 9.59 Å². The van der Waals surface area contributed by atoms with Crippen LogP contribution in [0.1, 0.15) is 29.8 Å². The van der Waals surface area contributed by atoms with Crippen LogP contribution >= 0.6 is 11.5 Å². The van der Waals surface area contributed by atoms with Gasteiger partial charge in [-0.25, -0.2) is 0 Å². The number of hydrogen-bond donors (Lipinski definition) is 0. The smallest absolute Gasteiger partial charge is 0.126 e. The zero-order valence-electron chi connectivity index (χ0n) is 7.62. The molecule has 70 valence electrons. The fourth-order valence-corrected chi connectivity index (χ4v) is 2.49. The number of hydrogen-bond acceptors (Lipinski definition) is 4. The first-order valence-electron chi connectivity index (χ1n) is 4.50. The number of rotatable bonds is 3. The fraction of sp³-hybridized carbons (Fsp3) is 0.667. The summed E-state index contributed by atoms with van der Waals surface area (Å²) in [5.41, 5.74) is 0.914. The van der Waals surface area contributed by atoms with Crippen LogP contribution in [0.5, 0.6) is 0 Å². The van der Waals surface area contributed by atoms with Crippen molar-refractivity contribution < 1.29 is 4.79 Å². The second kappa shape index (κ2) is 3.18. The molecule has 13 heavy (non-hydrogen) atoms. The highest BCUT2D eigenvalue weighted by Crippen LogP contribution is 2.42. The van der Waals surface area contributed by atoms with Gasteiger partial charge in [-0.3, -0.25) is 0 Å². The lowest BCUT2D eigenvalue weighted by Crippen LogP contribution is -2.33. The summed E-state index contributed by atoms with van der Waals surface area (Å²) in [4.78, 5) is 12.1. The molecule has 0 aliphatic heterocycles. The Morgan fingerprint density at radius 1 is 1.62 bits per heavy atom. The second-order valence-corrected chi connectivity index (χ2v) is 4.63. The van der Waals surface area contributed by atoms with Gasteiger partial charge in [0.15, 0.2) is 0 Å². The standard InChI is InChI=1S/C9H12N2OS/c1-7-8(13-11-10-7)5-9(6-12)3-2-4-9/h6H,2-5H2,1H3. The topological polar surface area (TPSA) is 42.9 Å². The van der Waals surface area contributed by atoms with Crippen molar-refractivity contribution >= 4 is 17.8 Å². The van der Waals surface area contributed by atoms with E-state index in [4.69, 9.17) is 0 Å². The van der Waals surface area contributed by atoms with Crippen LogP contribution in [-0.4, -0.2) is 15.9 Å². The van der Waals surface area contributed by atoms with Crippen LogP contribution in [0.3, 0.4) is 0 Å². The zero-order valence-corrected chi connectivity index (χ0v) is 8.43. The lowest BCUT2D eigenvalue weighted by molar-refractivity contribution is -0.120. The highest BCUT2D eigenvalue weighted by Gasteiger charge is 2.37. The SMILES string of the molecule is Cc1nnsc1CC1(C=O)CCC1. The van der Waals surface area contributed by atoms with Crippen molar-refractivity contribution in [2.24, 2.45) is 5.41 Å². The molecule has 4 heteroatoms. The monoisotopic (exact) mass is 196 g/mol. The number of carbonyl (C=O) groups excluding carboxylic acids is 1. The van der Waals surface area contributed by atoms with Gasteiger partial charge >= 0.3 is 0 Å². The summed E-state index contributed by atoms with van der Waals surface area (Å²) in [6.45, 7) is 1.95. The maximum Gasteiger partial charge on any atom is 0.126 e. The third-order valence-electron chi connectivity index (χ3n) is 2.86. The van der Waals surface area contributed by atoms with Crippen molar-refractivity contribution in [3.63, 3.8) is 0 Å². The molecule has 1 aromatic heterocycles.